The molecule has 0 aromatic heterocycles. The molecule has 1 atom stereocenters. The molecule has 3 amide bonds. The van der Waals surface area contributed by atoms with Crippen molar-refractivity contribution >= 4 is 11.9 Å². The van der Waals surface area contributed by atoms with Crippen LogP contribution in [0.25, 0.3) is 0 Å². The highest BCUT2D eigenvalue weighted by Crippen LogP contribution is 2.25. The van der Waals surface area contributed by atoms with Gasteiger partial charge >= 0.3 is 6.03 Å². The second-order valence-electron chi connectivity index (χ2n) is 3.65. The van der Waals surface area contributed by atoms with Crippen LogP contribution < -0.4 is 16.4 Å². The monoisotopic (exact) mass is 241 g/mol. The van der Waals surface area contributed by atoms with Crippen molar-refractivity contribution < 1.29 is 18.4 Å². The average molecular weight is 241 g/mol. The van der Waals surface area contributed by atoms with Gasteiger partial charge in [-0.05, 0) is 17.7 Å². The van der Waals surface area contributed by atoms with Crippen molar-refractivity contribution in [3.05, 3.63) is 35.4 Å². The van der Waals surface area contributed by atoms with Gasteiger partial charge in [-0.2, -0.15) is 0 Å². The van der Waals surface area contributed by atoms with E-state index in [0.29, 0.717) is 0 Å². The zero-order valence-electron chi connectivity index (χ0n) is 8.59. The van der Waals surface area contributed by atoms with E-state index in [1.54, 1.807) is 0 Å². The Morgan fingerprint density at radius 3 is 2.41 bits per heavy atom. The van der Waals surface area contributed by atoms with Crippen LogP contribution in [0.2, 0.25) is 0 Å². The molecule has 7 heteroatoms. The number of rotatable bonds is 2. The third-order valence-electron chi connectivity index (χ3n) is 2.66. The highest BCUT2D eigenvalue weighted by atomic mass is 19.2. The summed E-state index contributed by atoms with van der Waals surface area (Å²) in [6, 6.07) is 2.20. The summed E-state index contributed by atoms with van der Waals surface area (Å²) < 4.78 is 25.9. The molecule has 1 aliphatic rings. The minimum absolute atomic E-state index is 0.0993. The molecular weight excluding hydrogens is 232 g/mol. The van der Waals surface area contributed by atoms with Crippen LogP contribution in [0.5, 0.6) is 0 Å². The van der Waals surface area contributed by atoms with Crippen molar-refractivity contribution in [3.63, 3.8) is 0 Å². The zero-order valence-corrected chi connectivity index (χ0v) is 8.59. The average Bonchev–Trinajstić information content (AvgIpc) is 2.58. The van der Waals surface area contributed by atoms with Crippen molar-refractivity contribution in [2.45, 2.75) is 5.54 Å². The summed E-state index contributed by atoms with van der Waals surface area (Å²) in [6.45, 7) is -0.254. The number of nitrogens with two attached hydrogens (primary N) is 1. The van der Waals surface area contributed by atoms with E-state index >= 15 is 0 Å². The van der Waals surface area contributed by atoms with Gasteiger partial charge in [0.05, 0.1) is 0 Å². The highest BCUT2D eigenvalue weighted by Gasteiger charge is 2.46. The number of hydrogen-bond acceptors (Lipinski definition) is 3. The fourth-order valence-corrected chi connectivity index (χ4v) is 1.72. The van der Waals surface area contributed by atoms with E-state index in [1.807, 2.05) is 5.32 Å². The molecule has 1 unspecified atom stereocenters. The highest BCUT2D eigenvalue weighted by molar-refractivity contribution is 6.07. The van der Waals surface area contributed by atoms with Crippen LogP contribution in [0.15, 0.2) is 18.2 Å². The van der Waals surface area contributed by atoms with E-state index < -0.39 is 29.1 Å². The first-order valence-corrected chi connectivity index (χ1v) is 4.79. The fraction of sp³-hybridized carbons (Fsp3) is 0.200. The van der Waals surface area contributed by atoms with Crippen LogP contribution in [0.1, 0.15) is 5.56 Å². The summed E-state index contributed by atoms with van der Waals surface area (Å²) in [5, 5.41) is 4.32. The Balaban J connectivity index is 2.52. The molecule has 5 nitrogen and oxygen atoms in total. The van der Waals surface area contributed by atoms with Gasteiger partial charge in [0.1, 0.15) is 0 Å². The summed E-state index contributed by atoms with van der Waals surface area (Å²) in [7, 11) is 0. The maximum absolute atomic E-state index is 13.1. The molecule has 0 aliphatic carbocycles. The van der Waals surface area contributed by atoms with Gasteiger partial charge in [0.2, 0.25) is 0 Å². The Hall–Kier alpha value is -2.02. The second kappa shape index (κ2) is 3.77. The number of carbonyl (C=O) groups excluding carboxylic acids is 2. The predicted octanol–water partition coefficient (Wildman–Crippen LogP) is -0.0418. The molecule has 2 rings (SSSR count). The first-order chi connectivity index (χ1) is 7.99. The number of carbonyl (C=O) groups is 2. The Morgan fingerprint density at radius 1 is 1.24 bits per heavy atom. The largest absolute Gasteiger partial charge is 0.327 e. The van der Waals surface area contributed by atoms with E-state index in [2.05, 4.69) is 5.32 Å². The summed E-state index contributed by atoms with van der Waals surface area (Å²) >= 11 is 0. The molecule has 1 aromatic carbocycles. The van der Waals surface area contributed by atoms with Gasteiger partial charge in [-0.3, -0.25) is 10.1 Å². The van der Waals surface area contributed by atoms with Crippen molar-refractivity contribution in [2.75, 3.05) is 6.54 Å². The van der Waals surface area contributed by atoms with E-state index in [9.17, 15) is 18.4 Å². The molecule has 0 bridgehead atoms. The van der Waals surface area contributed by atoms with Crippen molar-refractivity contribution in [1.29, 1.82) is 0 Å². The van der Waals surface area contributed by atoms with Crippen LogP contribution in [-0.4, -0.2) is 18.5 Å². The van der Waals surface area contributed by atoms with Crippen molar-refractivity contribution in [1.82, 2.24) is 10.6 Å². The third-order valence-corrected chi connectivity index (χ3v) is 2.66. The molecule has 0 saturated carbocycles. The number of nitrogens with one attached hydrogen (secondary N) is 2. The second-order valence-corrected chi connectivity index (χ2v) is 3.65. The summed E-state index contributed by atoms with van der Waals surface area (Å²) in [5.74, 6) is -2.83. The summed E-state index contributed by atoms with van der Waals surface area (Å²) in [6.07, 6.45) is 0. The standard InChI is InChI=1S/C10H9F2N3O2/c11-6-2-1-5(3-7(6)12)10(4-13)8(16)14-9(17)15-10/h1-3H,4,13H2,(H2,14,15,16,17). The molecule has 0 spiro atoms. The zero-order chi connectivity index (χ0) is 12.6. The van der Waals surface area contributed by atoms with Crippen LogP contribution in [0.4, 0.5) is 13.6 Å². The van der Waals surface area contributed by atoms with Gasteiger partial charge in [0, 0.05) is 6.54 Å². The van der Waals surface area contributed by atoms with Crippen LogP contribution in [0, 0.1) is 11.6 Å². The number of hydrogen-bond donors (Lipinski definition) is 3. The van der Waals surface area contributed by atoms with Crippen molar-refractivity contribution in [3.8, 4) is 0 Å². The molecular formula is C10H9F2N3O2. The lowest BCUT2D eigenvalue weighted by molar-refractivity contribution is -0.123. The van der Waals surface area contributed by atoms with E-state index in [0.717, 1.165) is 12.1 Å². The lowest BCUT2D eigenvalue weighted by Gasteiger charge is -2.24. The molecule has 17 heavy (non-hydrogen) atoms. The fourth-order valence-electron chi connectivity index (χ4n) is 1.72. The quantitative estimate of drug-likeness (QED) is 0.635. The van der Waals surface area contributed by atoms with Gasteiger partial charge in [-0.25, -0.2) is 13.6 Å². The van der Waals surface area contributed by atoms with E-state index in [1.165, 1.54) is 6.07 Å². The maximum atomic E-state index is 13.1. The number of halogens is 2. The Kier molecular flexibility index (Phi) is 2.55. The van der Waals surface area contributed by atoms with Gasteiger partial charge in [-0.1, -0.05) is 6.07 Å². The normalized spacial score (nSPS) is 23.5. The molecule has 1 heterocycles. The third kappa shape index (κ3) is 1.64. The van der Waals surface area contributed by atoms with Gasteiger partial charge in [-0.15, -0.1) is 0 Å². The lowest BCUT2D eigenvalue weighted by Crippen LogP contribution is -2.50. The first kappa shape index (κ1) is 11.5. The molecule has 1 saturated heterocycles. The topological polar surface area (TPSA) is 84.2 Å². The van der Waals surface area contributed by atoms with Crippen LogP contribution in [-0.2, 0) is 10.3 Å². The van der Waals surface area contributed by atoms with Crippen LogP contribution >= 0.6 is 0 Å². The molecule has 90 valence electrons. The first-order valence-electron chi connectivity index (χ1n) is 4.79. The van der Waals surface area contributed by atoms with Crippen molar-refractivity contribution in [2.24, 2.45) is 5.73 Å². The van der Waals surface area contributed by atoms with Gasteiger partial charge < -0.3 is 11.1 Å². The lowest BCUT2D eigenvalue weighted by atomic mass is 9.90. The Bertz CT molecular complexity index is 506. The number of urea groups is 1. The molecule has 4 N–H and O–H groups in total. The van der Waals surface area contributed by atoms with E-state index in [-0.39, 0.29) is 12.1 Å². The SMILES string of the molecule is NCC1(c2ccc(F)c(F)c2)NC(=O)NC1=O. The van der Waals surface area contributed by atoms with Gasteiger partial charge in [0.15, 0.2) is 17.2 Å². The molecule has 0 radical (unpaired) electrons. The minimum Gasteiger partial charge on any atom is -0.327 e. The maximum Gasteiger partial charge on any atom is 0.322 e. The van der Waals surface area contributed by atoms with E-state index in [4.69, 9.17) is 5.73 Å². The smallest absolute Gasteiger partial charge is 0.322 e. The number of amides is 3. The summed E-state index contributed by atoms with van der Waals surface area (Å²) in [5.41, 5.74) is 4.01. The Morgan fingerprint density at radius 2 is 1.94 bits per heavy atom. The molecule has 1 fully saturated rings. The molecule has 1 aliphatic heterocycles. The molecule has 1 aromatic rings. The number of benzene rings is 1. The number of imide groups is 1. The van der Waals surface area contributed by atoms with Crippen LogP contribution in [0.3, 0.4) is 0 Å². The predicted molar refractivity (Wildman–Crippen MR) is 53.8 cm³/mol. The van der Waals surface area contributed by atoms with Gasteiger partial charge in [0.25, 0.3) is 5.91 Å². The Labute approximate surface area is 95.0 Å². The summed E-state index contributed by atoms with van der Waals surface area (Å²) in [4.78, 5) is 22.7. The minimum atomic E-state index is -1.54.